The maximum absolute atomic E-state index is 11.9. The molecule has 0 saturated heterocycles. The molecule has 1 aromatic carbocycles. The molecule has 0 spiro atoms. The van der Waals surface area contributed by atoms with Crippen LogP contribution >= 0.6 is 11.6 Å². The Balaban J connectivity index is 2.49. The fourth-order valence-corrected chi connectivity index (χ4v) is 2.60. The monoisotopic (exact) mass is 322 g/mol. The van der Waals surface area contributed by atoms with Gasteiger partial charge in [-0.15, -0.1) is 11.6 Å². The van der Waals surface area contributed by atoms with Gasteiger partial charge in [-0.25, -0.2) is 0 Å². The molecule has 1 unspecified atom stereocenters. The van der Waals surface area contributed by atoms with Gasteiger partial charge >= 0.3 is 0 Å². The third-order valence-electron chi connectivity index (χ3n) is 2.58. The fourth-order valence-electron chi connectivity index (χ4n) is 1.43. The van der Waals surface area contributed by atoms with Gasteiger partial charge in [-0.05, 0) is 25.5 Å². The zero-order chi connectivity index (χ0) is 15.0. The van der Waals surface area contributed by atoms with Crippen LogP contribution in [0.4, 0.5) is 0 Å². The summed E-state index contributed by atoms with van der Waals surface area (Å²) in [5.74, 6) is 0.247. The quantitative estimate of drug-likeness (QED) is 0.396. The van der Waals surface area contributed by atoms with Crippen LogP contribution < -0.4 is 0 Å². The lowest BCUT2D eigenvalue weighted by Crippen LogP contribution is -2.20. The maximum Gasteiger partial charge on any atom is 0.296 e. The first-order valence-corrected chi connectivity index (χ1v) is 8.06. The summed E-state index contributed by atoms with van der Waals surface area (Å²) in [5.41, 5.74) is 0.985. The number of ether oxygens (including phenoxy) is 2. The molecule has 0 fully saturated rings. The second-order valence-electron chi connectivity index (χ2n) is 4.23. The van der Waals surface area contributed by atoms with Crippen LogP contribution in [-0.2, 0) is 23.8 Å². The van der Waals surface area contributed by atoms with Gasteiger partial charge in [0.05, 0.1) is 17.6 Å². The van der Waals surface area contributed by atoms with Crippen molar-refractivity contribution < 1.29 is 22.1 Å². The van der Waals surface area contributed by atoms with Gasteiger partial charge in [0, 0.05) is 13.0 Å². The molecule has 0 heterocycles. The van der Waals surface area contributed by atoms with Crippen LogP contribution in [0.5, 0.6) is 0 Å². The number of halogens is 1. The van der Waals surface area contributed by atoms with Gasteiger partial charge in [-0.2, -0.15) is 8.42 Å². The third-order valence-corrected chi connectivity index (χ3v) is 4.25. The standard InChI is InChI=1S/C13H19ClO5S/c1-11-3-5-13(6-4-11)20(15,16)19-8-7-12(9-14)18-10-17-2/h3-6,12H,7-10H2,1-2H3. The van der Waals surface area contributed by atoms with Crippen molar-refractivity contribution in [3.8, 4) is 0 Å². The van der Waals surface area contributed by atoms with Crippen LogP contribution in [0, 0.1) is 6.92 Å². The Hall–Kier alpha value is -0.660. The lowest BCUT2D eigenvalue weighted by Gasteiger charge is -2.14. The van der Waals surface area contributed by atoms with Crippen LogP contribution in [0.3, 0.4) is 0 Å². The van der Waals surface area contributed by atoms with E-state index in [0.717, 1.165) is 5.56 Å². The van der Waals surface area contributed by atoms with E-state index in [1.165, 1.54) is 19.2 Å². The summed E-state index contributed by atoms with van der Waals surface area (Å²) in [6, 6.07) is 6.48. The first kappa shape index (κ1) is 17.4. The Kier molecular flexibility index (Phi) is 7.47. The molecule has 0 radical (unpaired) electrons. The Morgan fingerprint density at radius 1 is 1.25 bits per heavy atom. The van der Waals surface area contributed by atoms with Gasteiger partial charge in [-0.1, -0.05) is 17.7 Å². The predicted octanol–water partition coefficient (Wildman–Crippen LogP) is 2.32. The first-order valence-electron chi connectivity index (χ1n) is 6.12. The molecule has 114 valence electrons. The predicted molar refractivity (Wildman–Crippen MR) is 76.4 cm³/mol. The molecule has 1 atom stereocenters. The summed E-state index contributed by atoms with van der Waals surface area (Å²) in [7, 11) is -2.23. The molecule has 7 heteroatoms. The zero-order valence-corrected chi connectivity index (χ0v) is 13.1. The van der Waals surface area contributed by atoms with Crippen molar-refractivity contribution in [1.29, 1.82) is 0 Å². The van der Waals surface area contributed by atoms with Crippen molar-refractivity contribution in [2.24, 2.45) is 0 Å². The van der Waals surface area contributed by atoms with Gasteiger partial charge in [0.2, 0.25) is 0 Å². The normalized spacial score (nSPS) is 13.3. The molecule has 20 heavy (non-hydrogen) atoms. The van der Waals surface area contributed by atoms with Crippen molar-refractivity contribution in [2.75, 3.05) is 26.4 Å². The van der Waals surface area contributed by atoms with Gasteiger partial charge in [0.15, 0.2) is 0 Å². The van der Waals surface area contributed by atoms with Crippen LogP contribution in [0.25, 0.3) is 0 Å². The van der Waals surface area contributed by atoms with Crippen molar-refractivity contribution in [2.45, 2.75) is 24.3 Å². The van der Waals surface area contributed by atoms with E-state index in [0.29, 0.717) is 6.42 Å². The highest BCUT2D eigenvalue weighted by atomic mass is 35.5. The third kappa shape index (κ3) is 5.76. The summed E-state index contributed by atoms with van der Waals surface area (Å²) in [6.07, 6.45) is 0.0719. The number of aryl methyl sites for hydroxylation is 1. The van der Waals surface area contributed by atoms with E-state index >= 15 is 0 Å². The smallest absolute Gasteiger partial charge is 0.296 e. The Bertz CT molecular complexity index is 486. The minimum atomic E-state index is -3.73. The highest BCUT2D eigenvalue weighted by molar-refractivity contribution is 7.86. The lowest BCUT2D eigenvalue weighted by atomic mass is 10.2. The summed E-state index contributed by atoms with van der Waals surface area (Å²) in [6.45, 7) is 2.01. The second kappa shape index (κ2) is 8.59. The molecule has 0 aliphatic carbocycles. The topological polar surface area (TPSA) is 61.8 Å². The highest BCUT2D eigenvalue weighted by Crippen LogP contribution is 2.14. The number of hydrogen-bond acceptors (Lipinski definition) is 5. The Morgan fingerprint density at radius 2 is 1.90 bits per heavy atom. The summed E-state index contributed by atoms with van der Waals surface area (Å²) < 4.78 is 38.8. The van der Waals surface area contributed by atoms with Gasteiger partial charge in [0.25, 0.3) is 10.1 Å². The van der Waals surface area contributed by atoms with E-state index in [1.807, 2.05) is 6.92 Å². The average molecular weight is 323 g/mol. The van der Waals surface area contributed by atoms with Crippen molar-refractivity contribution in [3.63, 3.8) is 0 Å². The van der Waals surface area contributed by atoms with E-state index in [4.69, 9.17) is 25.3 Å². The summed E-state index contributed by atoms with van der Waals surface area (Å²) in [4.78, 5) is 0.142. The van der Waals surface area contributed by atoms with E-state index in [2.05, 4.69) is 0 Å². The number of benzene rings is 1. The maximum atomic E-state index is 11.9. The number of hydrogen-bond donors (Lipinski definition) is 0. The van der Waals surface area contributed by atoms with Crippen LogP contribution in [-0.4, -0.2) is 40.9 Å². The summed E-state index contributed by atoms with van der Waals surface area (Å²) in [5, 5.41) is 0. The lowest BCUT2D eigenvalue weighted by molar-refractivity contribution is -0.0685. The van der Waals surface area contributed by atoms with Gasteiger partial charge in [-0.3, -0.25) is 4.18 Å². The number of alkyl halides is 1. The molecule has 1 aromatic rings. The van der Waals surface area contributed by atoms with Crippen LogP contribution in [0.2, 0.25) is 0 Å². The van der Waals surface area contributed by atoms with Gasteiger partial charge in [0.1, 0.15) is 6.79 Å². The first-order chi connectivity index (χ1) is 9.49. The fraction of sp³-hybridized carbons (Fsp3) is 0.538. The molecule has 5 nitrogen and oxygen atoms in total. The summed E-state index contributed by atoms with van der Waals surface area (Å²) >= 11 is 5.70. The van der Waals surface area contributed by atoms with Crippen molar-refractivity contribution in [1.82, 2.24) is 0 Å². The average Bonchev–Trinajstić information content (AvgIpc) is 2.43. The number of rotatable bonds is 9. The van der Waals surface area contributed by atoms with E-state index < -0.39 is 10.1 Å². The molecule has 0 aliphatic heterocycles. The molecule has 0 saturated carbocycles. The molecule has 0 amide bonds. The van der Waals surface area contributed by atoms with Crippen molar-refractivity contribution >= 4 is 21.7 Å². The Labute approximate surface area is 124 Å². The molecular weight excluding hydrogens is 304 g/mol. The molecule has 0 aliphatic rings. The second-order valence-corrected chi connectivity index (χ2v) is 6.15. The molecule has 0 N–H and O–H groups in total. The molecule has 0 bridgehead atoms. The van der Waals surface area contributed by atoms with Gasteiger partial charge < -0.3 is 9.47 Å². The van der Waals surface area contributed by atoms with E-state index in [9.17, 15) is 8.42 Å². The van der Waals surface area contributed by atoms with E-state index in [1.54, 1.807) is 12.1 Å². The highest BCUT2D eigenvalue weighted by Gasteiger charge is 2.16. The number of methoxy groups -OCH3 is 1. The van der Waals surface area contributed by atoms with Crippen molar-refractivity contribution in [3.05, 3.63) is 29.8 Å². The minimum Gasteiger partial charge on any atom is -0.359 e. The van der Waals surface area contributed by atoms with Crippen LogP contribution in [0.1, 0.15) is 12.0 Å². The van der Waals surface area contributed by atoms with Crippen LogP contribution in [0.15, 0.2) is 29.2 Å². The Morgan fingerprint density at radius 3 is 2.45 bits per heavy atom. The SMILES string of the molecule is COCOC(CCl)CCOS(=O)(=O)c1ccc(C)cc1. The molecular formula is C13H19ClO5S. The van der Waals surface area contributed by atoms with E-state index in [-0.39, 0.29) is 30.3 Å². The molecule has 1 rings (SSSR count). The minimum absolute atomic E-state index is 0.0112. The largest absolute Gasteiger partial charge is 0.359 e. The zero-order valence-electron chi connectivity index (χ0n) is 11.5. The molecule has 0 aromatic heterocycles.